The van der Waals surface area contributed by atoms with Gasteiger partial charge in [0.15, 0.2) is 0 Å². The van der Waals surface area contributed by atoms with Gasteiger partial charge in [0, 0.05) is 25.6 Å². The lowest BCUT2D eigenvalue weighted by Gasteiger charge is -2.32. The molecule has 5 rings (SSSR count). The number of likely N-dealkylation sites (tertiary alicyclic amines) is 1. The summed E-state index contributed by atoms with van der Waals surface area (Å²) in [6.07, 6.45) is 4.81. The van der Waals surface area contributed by atoms with Crippen LogP contribution in [0.2, 0.25) is 0 Å². The topological polar surface area (TPSA) is 41.4 Å². The molecule has 2 aliphatic heterocycles. The van der Waals surface area contributed by atoms with Crippen LogP contribution in [-0.4, -0.2) is 51.2 Å². The van der Waals surface area contributed by atoms with Crippen molar-refractivity contribution in [2.75, 3.05) is 19.6 Å². The SMILES string of the molecule is O=C(CN1C[C@H]2CC[C@@H]1C2)N1CCn2nc(Cc3ccccc3)cc2C1. The Morgan fingerprint density at radius 2 is 2.04 bits per heavy atom. The van der Waals surface area contributed by atoms with Crippen LogP contribution in [0.3, 0.4) is 0 Å². The molecule has 5 heteroatoms. The maximum Gasteiger partial charge on any atom is 0.237 e. The number of aromatic nitrogens is 2. The number of rotatable bonds is 4. The van der Waals surface area contributed by atoms with E-state index in [1.807, 2.05) is 11.0 Å². The standard InChI is InChI=1S/C21H26N4O/c26-21(15-24-13-17-6-7-19(24)11-17)23-8-9-25-20(14-23)12-18(22-25)10-16-4-2-1-3-5-16/h1-5,12,17,19H,6-11,13-15H2/t17-,19+/m0/s1. The van der Waals surface area contributed by atoms with E-state index < -0.39 is 0 Å². The Morgan fingerprint density at radius 3 is 2.81 bits per heavy atom. The quantitative estimate of drug-likeness (QED) is 0.850. The molecule has 5 nitrogen and oxygen atoms in total. The third-order valence-corrected chi connectivity index (χ3v) is 6.29. The van der Waals surface area contributed by atoms with Crippen LogP contribution >= 0.6 is 0 Å². The van der Waals surface area contributed by atoms with E-state index in [0.717, 1.165) is 37.7 Å². The number of carbonyl (C=O) groups is 1. The average Bonchev–Trinajstić information content (AvgIpc) is 3.36. The lowest BCUT2D eigenvalue weighted by atomic mass is 10.1. The molecule has 1 aromatic carbocycles. The van der Waals surface area contributed by atoms with Gasteiger partial charge in [-0.1, -0.05) is 30.3 Å². The molecule has 0 unspecified atom stereocenters. The summed E-state index contributed by atoms with van der Waals surface area (Å²) in [5.41, 5.74) is 3.54. The second-order valence-corrected chi connectivity index (χ2v) is 8.09. The number of amides is 1. The molecule has 1 amide bonds. The third-order valence-electron chi connectivity index (χ3n) is 6.29. The van der Waals surface area contributed by atoms with Gasteiger partial charge in [0.1, 0.15) is 0 Å². The lowest BCUT2D eigenvalue weighted by Crippen LogP contribution is -2.45. The molecule has 1 aliphatic carbocycles. The first kappa shape index (κ1) is 16.1. The van der Waals surface area contributed by atoms with Gasteiger partial charge in [-0.25, -0.2) is 0 Å². The Morgan fingerprint density at radius 1 is 1.15 bits per heavy atom. The molecular weight excluding hydrogens is 324 g/mol. The second-order valence-electron chi connectivity index (χ2n) is 8.09. The number of fused-ring (bicyclic) bond motifs is 3. The highest BCUT2D eigenvalue weighted by Gasteiger charge is 2.39. The minimum atomic E-state index is 0.287. The molecule has 0 radical (unpaired) electrons. The molecule has 2 atom stereocenters. The minimum absolute atomic E-state index is 0.287. The van der Waals surface area contributed by atoms with Gasteiger partial charge in [-0.15, -0.1) is 0 Å². The van der Waals surface area contributed by atoms with Crippen molar-refractivity contribution in [1.82, 2.24) is 19.6 Å². The summed E-state index contributed by atoms with van der Waals surface area (Å²) in [6, 6.07) is 13.3. The summed E-state index contributed by atoms with van der Waals surface area (Å²) in [6.45, 7) is 4.01. The largest absolute Gasteiger partial charge is 0.334 e. The van der Waals surface area contributed by atoms with Crippen LogP contribution in [0.25, 0.3) is 0 Å². The predicted octanol–water partition coefficient (Wildman–Crippen LogP) is 2.30. The first-order valence-corrected chi connectivity index (χ1v) is 9.86. The lowest BCUT2D eigenvalue weighted by molar-refractivity contribution is -0.134. The zero-order valence-electron chi connectivity index (χ0n) is 15.2. The zero-order chi connectivity index (χ0) is 17.5. The summed E-state index contributed by atoms with van der Waals surface area (Å²) in [5.74, 6) is 1.13. The highest BCUT2D eigenvalue weighted by Crippen LogP contribution is 2.37. The van der Waals surface area contributed by atoms with Crippen LogP contribution in [0.4, 0.5) is 0 Å². The fourth-order valence-electron chi connectivity index (χ4n) is 4.92. The van der Waals surface area contributed by atoms with Crippen molar-refractivity contribution in [2.45, 2.75) is 44.8 Å². The van der Waals surface area contributed by atoms with Crippen molar-refractivity contribution in [3.8, 4) is 0 Å². The molecule has 3 heterocycles. The highest BCUT2D eigenvalue weighted by atomic mass is 16.2. The van der Waals surface area contributed by atoms with Gasteiger partial charge in [0.25, 0.3) is 0 Å². The van der Waals surface area contributed by atoms with Gasteiger partial charge in [-0.05, 0) is 36.8 Å². The van der Waals surface area contributed by atoms with Crippen LogP contribution in [0.15, 0.2) is 36.4 Å². The van der Waals surface area contributed by atoms with Gasteiger partial charge >= 0.3 is 0 Å². The molecule has 1 saturated heterocycles. The van der Waals surface area contributed by atoms with E-state index in [2.05, 4.69) is 39.9 Å². The third kappa shape index (κ3) is 3.05. The fourth-order valence-corrected chi connectivity index (χ4v) is 4.92. The molecule has 3 aliphatic rings. The van der Waals surface area contributed by atoms with E-state index in [4.69, 9.17) is 5.10 Å². The number of piperidine rings is 1. The Labute approximate surface area is 154 Å². The van der Waals surface area contributed by atoms with Crippen LogP contribution in [0.5, 0.6) is 0 Å². The maximum absolute atomic E-state index is 12.8. The van der Waals surface area contributed by atoms with E-state index in [1.165, 1.54) is 30.5 Å². The molecule has 2 fully saturated rings. The van der Waals surface area contributed by atoms with Crippen molar-refractivity contribution in [1.29, 1.82) is 0 Å². The molecule has 1 saturated carbocycles. The van der Waals surface area contributed by atoms with E-state index >= 15 is 0 Å². The van der Waals surface area contributed by atoms with Gasteiger partial charge in [-0.3, -0.25) is 14.4 Å². The molecule has 1 aromatic heterocycles. The van der Waals surface area contributed by atoms with Gasteiger partial charge in [0.2, 0.25) is 5.91 Å². The van der Waals surface area contributed by atoms with Gasteiger partial charge in [-0.2, -0.15) is 5.10 Å². The van der Waals surface area contributed by atoms with Gasteiger partial charge in [0.05, 0.1) is 31.0 Å². The van der Waals surface area contributed by atoms with Gasteiger partial charge < -0.3 is 4.90 Å². The number of nitrogens with zero attached hydrogens (tertiary/aromatic N) is 4. The Hall–Kier alpha value is -2.14. The maximum atomic E-state index is 12.8. The first-order valence-electron chi connectivity index (χ1n) is 9.86. The number of hydrogen-bond donors (Lipinski definition) is 0. The fraction of sp³-hybridized carbons (Fsp3) is 0.524. The Balaban J connectivity index is 1.23. The highest BCUT2D eigenvalue weighted by molar-refractivity contribution is 5.78. The Bertz CT molecular complexity index is 800. The van der Waals surface area contributed by atoms with E-state index in [1.54, 1.807) is 0 Å². The molecule has 2 aromatic rings. The molecule has 26 heavy (non-hydrogen) atoms. The number of carbonyl (C=O) groups excluding carboxylic acids is 1. The zero-order valence-corrected chi connectivity index (χ0v) is 15.2. The smallest absolute Gasteiger partial charge is 0.237 e. The summed E-state index contributed by atoms with van der Waals surface area (Å²) in [4.78, 5) is 17.2. The van der Waals surface area contributed by atoms with Crippen LogP contribution in [0, 0.1) is 5.92 Å². The van der Waals surface area contributed by atoms with Crippen LogP contribution in [0.1, 0.15) is 36.2 Å². The monoisotopic (exact) mass is 350 g/mol. The van der Waals surface area contributed by atoms with Crippen molar-refractivity contribution < 1.29 is 4.79 Å². The molecule has 2 bridgehead atoms. The molecule has 0 spiro atoms. The van der Waals surface area contributed by atoms with Crippen LogP contribution < -0.4 is 0 Å². The summed E-state index contributed by atoms with van der Waals surface area (Å²) in [5, 5.41) is 4.74. The van der Waals surface area contributed by atoms with Crippen molar-refractivity contribution >= 4 is 5.91 Å². The summed E-state index contributed by atoms with van der Waals surface area (Å²) < 4.78 is 2.08. The summed E-state index contributed by atoms with van der Waals surface area (Å²) in [7, 11) is 0. The first-order chi connectivity index (χ1) is 12.7. The number of benzene rings is 1. The van der Waals surface area contributed by atoms with E-state index in [9.17, 15) is 4.79 Å². The summed E-state index contributed by atoms with van der Waals surface area (Å²) >= 11 is 0. The number of hydrogen-bond acceptors (Lipinski definition) is 3. The van der Waals surface area contributed by atoms with Crippen molar-refractivity contribution in [3.63, 3.8) is 0 Å². The second kappa shape index (κ2) is 6.54. The average molecular weight is 350 g/mol. The molecule has 0 N–H and O–H groups in total. The molecule has 136 valence electrons. The minimum Gasteiger partial charge on any atom is -0.334 e. The van der Waals surface area contributed by atoms with Crippen molar-refractivity contribution in [3.05, 3.63) is 53.3 Å². The van der Waals surface area contributed by atoms with Crippen molar-refractivity contribution in [2.24, 2.45) is 5.92 Å². The van der Waals surface area contributed by atoms with Crippen LogP contribution in [-0.2, 0) is 24.3 Å². The molecular formula is C21H26N4O. The Kier molecular flexibility index (Phi) is 4.04. The van der Waals surface area contributed by atoms with E-state index in [-0.39, 0.29) is 5.91 Å². The normalized spacial score (nSPS) is 24.8. The predicted molar refractivity (Wildman–Crippen MR) is 99.6 cm³/mol. The van der Waals surface area contributed by atoms with E-state index in [0.29, 0.717) is 19.1 Å².